The number of hydroxylamine groups is 1. The van der Waals surface area contributed by atoms with E-state index in [1.807, 2.05) is 0 Å². The quantitative estimate of drug-likeness (QED) is 0.257. The van der Waals surface area contributed by atoms with E-state index in [-0.39, 0.29) is 23.1 Å². The van der Waals surface area contributed by atoms with Crippen LogP contribution in [-0.4, -0.2) is 43.7 Å². The van der Waals surface area contributed by atoms with Gasteiger partial charge in [0.05, 0.1) is 16.2 Å². The number of amidine groups is 1. The van der Waals surface area contributed by atoms with Gasteiger partial charge in [-0.1, -0.05) is 11.6 Å². The van der Waals surface area contributed by atoms with Crippen LogP contribution >= 0.6 is 11.6 Å². The molecule has 0 aliphatic heterocycles. The van der Waals surface area contributed by atoms with Gasteiger partial charge in [0.2, 0.25) is 0 Å². The van der Waals surface area contributed by atoms with E-state index in [0.717, 1.165) is 6.07 Å². The molecule has 11 heteroatoms. The number of aromatic amines is 1. The van der Waals surface area contributed by atoms with E-state index in [0.29, 0.717) is 34.0 Å². The Morgan fingerprint density at radius 3 is 2.89 bits per heavy atom. The van der Waals surface area contributed by atoms with Crippen molar-refractivity contribution in [2.24, 2.45) is 0 Å². The fraction of sp³-hybridized carbons (Fsp3) is 0.125. The first-order chi connectivity index (χ1) is 12.9. The summed E-state index contributed by atoms with van der Waals surface area (Å²) in [6.07, 6.45) is 0.587. The number of benzene rings is 1. The summed E-state index contributed by atoms with van der Waals surface area (Å²) in [5.41, 5.74) is 1.13. The lowest BCUT2D eigenvalue weighted by molar-refractivity contribution is 0.194. The van der Waals surface area contributed by atoms with Crippen molar-refractivity contribution in [3.05, 3.63) is 52.7 Å². The largest absolute Gasteiger partial charge is 0.465 e. The Labute approximate surface area is 156 Å². The molecule has 0 aliphatic rings. The van der Waals surface area contributed by atoms with Gasteiger partial charge in [0.25, 0.3) is 0 Å². The molecule has 3 aromatic rings. The number of anilines is 1. The number of halogens is 2. The highest BCUT2D eigenvalue weighted by Crippen LogP contribution is 2.24. The van der Waals surface area contributed by atoms with Gasteiger partial charge in [-0.05, 0) is 24.3 Å². The van der Waals surface area contributed by atoms with E-state index >= 15 is 0 Å². The number of fused-ring (bicyclic) bond motifs is 1. The van der Waals surface area contributed by atoms with Crippen molar-refractivity contribution >= 4 is 40.4 Å². The van der Waals surface area contributed by atoms with Crippen molar-refractivity contribution in [2.75, 3.05) is 11.6 Å². The third kappa shape index (κ3) is 3.96. The molecule has 3 rings (SSSR count). The van der Waals surface area contributed by atoms with Crippen LogP contribution in [0.3, 0.4) is 0 Å². The van der Waals surface area contributed by atoms with Crippen LogP contribution in [0.4, 0.5) is 14.9 Å². The summed E-state index contributed by atoms with van der Waals surface area (Å²) in [5, 5.41) is 29.8. The zero-order chi connectivity index (χ0) is 19.6. The average Bonchev–Trinajstić information content (AvgIpc) is 3.05. The first-order valence-electron chi connectivity index (χ1n) is 7.70. The highest BCUT2D eigenvalue weighted by atomic mass is 35.5. The van der Waals surface area contributed by atoms with Crippen LogP contribution in [0.1, 0.15) is 11.4 Å². The Kier molecular flexibility index (Phi) is 5.19. The summed E-state index contributed by atoms with van der Waals surface area (Å²) in [7, 11) is 0. The summed E-state index contributed by atoms with van der Waals surface area (Å²) >= 11 is 5.72. The van der Waals surface area contributed by atoms with Crippen LogP contribution in [0.15, 0.2) is 30.5 Å². The summed E-state index contributed by atoms with van der Waals surface area (Å²) < 4.78 is 13.3. The molecule has 0 spiro atoms. The Bertz CT molecular complexity index is 1020. The molecule has 0 bridgehead atoms. The minimum Gasteiger partial charge on any atom is -0.465 e. The summed E-state index contributed by atoms with van der Waals surface area (Å²) in [6, 6.07) is 5.07. The summed E-state index contributed by atoms with van der Waals surface area (Å²) in [4.78, 5) is 21.8. The number of hydrogen-bond donors (Lipinski definition) is 5. The van der Waals surface area contributed by atoms with E-state index in [9.17, 15) is 14.4 Å². The summed E-state index contributed by atoms with van der Waals surface area (Å²) in [5.74, 6) is -0.468. The number of H-pyrrole nitrogens is 1. The van der Waals surface area contributed by atoms with Gasteiger partial charge in [-0.3, -0.25) is 10.6 Å². The predicted molar refractivity (Wildman–Crippen MR) is 96.1 cm³/mol. The predicted octanol–water partition coefficient (Wildman–Crippen LogP) is 2.78. The molecule has 2 aromatic heterocycles. The standard InChI is InChI=1S/C16H14ClFN6O3/c17-10-7-8(1-2-11(10)18)24(27)14(19)9-3-5-20-15-13(9)22-12(23-15)4-6-21-16(25)26/h1-3,5,7,19,21,27H,4,6H2,(H,25,26)(H,20,22,23). The molecule has 0 unspecified atom stereocenters. The molecular formula is C16H14ClFN6O3. The van der Waals surface area contributed by atoms with E-state index in [1.165, 1.54) is 24.4 Å². The first-order valence-corrected chi connectivity index (χ1v) is 8.08. The third-order valence-corrected chi connectivity index (χ3v) is 3.98. The topological polar surface area (TPSA) is 138 Å². The Hall–Kier alpha value is -3.24. The molecule has 0 fully saturated rings. The molecule has 0 radical (unpaired) electrons. The van der Waals surface area contributed by atoms with Crippen LogP contribution in [0.25, 0.3) is 11.2 Å². The number of carbonyl (C=O) groups is 1. The maximum atomic E-state index is 13.3. The Morgan fingerprint density at radius 2 is 2.19 bits per heavy atom. The third-order valence-electron chi connectivity index (χ3n) is 3.69. The van der Waals surface area contributed by atoms with Crippen molar-refractivity contribution in [1.82, 2.24) is 20.3 Å². The molecule has 1 amide bonds. The first kappa shape index (κ1) is 18.5. The van der Waals surface area contributed by atoms with Crippen molar-refractivity contribution in [2.45, 2.75) is 6.42 Å². The molecule has 9 nitrogen and oxygen atoms in total. The average molecular weight is 393 g/mol. The number of rotatable bonds is 5. The van der Waals surface area contributed by atoms with Gasteiger partial charge >= 0.3 is 6.09 Å². The lowest BCUT2D eigenvalue weighted by atomic mass is 10.2. The lowest BCUT2D eigenvalue weighted by Gasteiger charge is -2.18. The van der Waals surface area contributed by atoms with Crippen LogP contribution in [0.2, 0.25) is 5.02 Å². The van der Waals surface area contributed by atoms with Crippen LogP contribution in [0, 0.1) is 11.2 Å². The van der Waals surface area contributed by atoms with Crippen LogP contribution < -0.4 is 10.4 Å². The zero-order valence-electron chi connectivity index (χ0n) is 13.7. The molecule has 0 saturated carbocycles. The normalized spacial score (nSPS) is 10.8. The number of aromatic nitrogens is 3. The smallest absolute Gasteiger partial charge is 0.404 e. The number of imidazole rings is 1. The fourth-order valence-electron chi connectivity index (χ4n) is 2.42. The SMILES string of the molecule is N=C(c1ccnc2nc(CCNC(=O)O)[nH]c12)N(O)c1ccc(F)c(Cl)c1. The minimum absolute atomic E-state index is 0.113. The molecule has 5 N–H and O–H groups in total. The van der Waals surface area contributed by atoms with Gasteiger partial charge in [-0.25, -0.2) is 24.2 Å². The van der Waals surface area contributed by atoms with Gasteiger partial charge in [0.1, 0.15) is 11.6 Å². The highest BCUT2D eigenvalue weighted by Gasteiger charge is 2.18. The van der Waals surface area contributed by atoms with E-state index in [4.69, 9.17) is 22.1 Å². The number of nitrogens with zero attached hydrogens (tertiary/aromatic N) is 3. The maximum absolute atomic E-state index is 13.3. The molecule has 140 valence electrons. The second-order valence-electron chi connectivity index (χ2n) is 5.48. The van der Waals surface area contributed by atoms with Crippen molar-refractivity contribution in [1.29, 1.82) is 5.41 Å². The van der Waals surface area contributed by atoms with Gasteiger partial charge in [-0.15, -0.1) is 0 Å². The maximum Gasteiger partial charge on any atom is 0.404 e. The Balaban J connectivity index is 1.88. The number of nitrogens with one attached hydrogen (secondary N) is 3. The number of amides is 1. The van der Waals surface area contributed by atoms with E-state index < -0.39 is 11.9 Å². The van der Waals surface area contributed by atoms with Crippen LogP contribution in [0.5, 0.6) is 0 Å². The molecule has 1 aromatic carbocycles. The molecule has 0 saturated heterocycles. The van der Waals surface area contributed by atoms with Crippen molar-refractivity contribution in [3.8, 4) is 0 Å². The fourth-order valence-corrected chi connectivity index (χ4v) is 2.60. The van der Waals surface area contributed by atoms with Gasteiger partial charge in [0, 0.05) is 24.7 Å². The van der Waals surface area contributed by atoms with Crippen molar-refractivity contribution < 1.29 is 19.5 Å². The minimum atomic E-state index is -1.14. The monoisotopic (exact) mass is 392 g/mol. The second kappa shape index (κ2) is 7.56. The van der Waals surface area contributed by atoms with Crippen LogP contribution in [-0.2, 0) is 6.42 Å². The lowest BCUT2D eigenvalue weighted by Crippen LogP contribution is -2.27. The van der Waals surface area contributed by atoms with Gasteiger partial charge < -0.3 is 15.4 Å². The van der Waals surface area contributed by atoms with E-state index in [2.05, 4.69) is 20.3 Å². The van der Waals surface area contributed by atoms with Gasteiger partial charge in [0.15, 0.2) is 11.5 Å². The Morgan fingerprint density at radius 1 is 1.41 bits per heavy atom. The number of hydrogen-bond acceptors (Lipinski definition) is 5. The zero-order valence-corrected chi connectivity index (χ0v) is 14.5. The van der Waals surface area contributed by atoms with Gasteiger partial charge in [-0.2, -0.15) is 0 Å². The molecule has 27 heavy (non-hydrogen) atoms. The molecule has 2 heterocycles. The van der Waals surface area contributed by atoms with Crippen molar-refractivity contribution in [3.63, 3.8) is 0 Å². The molecule has 0 atom stereocenters. The highest BCUT2D eigenvalue weighted by molar-refractivity contribution is 6.31. The molecular weight excluding hydrogens is 379 g/mol. The number of carboxylic acid groups (broad SMARTS) is 1. The molecule has 0 aliphatic carbocycles. The van der Waals surface area contributed by atoms with E-state index in [1.54, 1.807) is 0 Å². The second-order valence-corrected chi connectivity index (χ2v) is 5.89. The summed E-state index contributed by atoms with van der Waals surface area (Å²) in [6.45, 7) is 0.155. The number of pyridine rings is 1.